The minimum absolute atomic E-state index is 0.0126. The normalized spacial score (nSPS) is 21.1. The second-order valence-electron chi connectivity index (χ2n) is 6.36. The molecule has 2 heterocycles. The second kappa shape index (κ2) is 4.32. The van der Waals surface area contributed by atoms with Crippen molar-refractivity contribution in [3.05, 3.63) is 39.4 Å². The summed E-state index contributed by atoms with van der Waals surface area (Å²) in [5.74, 6) is -1.87. The predicted octanol–water partition coefficient (Wildman–Crippen LogP) is 1.74. The Kier molecular flexibility index (Phi) is 2.67. The van der Waals surface area contributed by atoms with Gasteiger partial charge in [0.1, 0.15) is 12.2 Å². The lowest BCUT2D eigenvalue weighted by molar-refractivity contribution is 0.0694. The number of benzene rings is 1. The molecule has 7 heteroatoms. The van der Waals surface area contributed by atoms with Crippen LogP contribution in [0.5, 0.6) is 5.75 Å². The zero-order chi connectivity index (χ0) is 16.5. The number of carboxylic acids is 1. The van der Waals surface area contributed by atoms with Gasteiger partial charge >= 0.3 is 5.97 Å². The molecule has 0 radical (unpaired) electrons. The second-order valence-corrected chi connectivity index (χ2v) is 6.36. The van der Waals surface area contributed by atoms with E-state index in [0.717, 1.165) is 0 Å². The molecule has 3 N–H and O–H groups in total. The first-order valence-corrected chi connectivity index (χ1v) is 7.40. The fourth-order valence-corrected chi connectivity index (χ4v) is 3.14. The number of aromatic carboxylic acids is 1. The highest BCUT2D eigenvalue weighted by Gasteiger charge is 2.44. The highest BCUT2D eigenvalue weighted by atomic mass is 19.1. The van der Waals surface area contributed by atoms with Crippen LogP contribution in [0.15, 0.2) is 17.1 Å². The summed E-state index contributed by atoms with van der Waals surface area (Å²) in [4.78, 5) is 23.9. The highest BCUT2D eigenvalue weighted by molar-refractivity contribution is 5.95. The van der Waals surface area contributed by atoms with Crippen molar-refractivity contribution in [2.45, 2.75) is 31.3 Å². The van der Waals surface area contributed by atoms with Gasteiger partial charge in [0, 0.05) is 17.3 Å². The SMILES string of the molecule is C[C@H]1COc2c(F)c(C3(N)CC3)cc3c(=O)c(C(=O)O)cn1c23. The van der Waals surface area contributed by atoms with Crippen LogP contribution < -0.4 is 15.9 Å². The van der Waals surface area contributed by atoms with Crippen molar-refractivity contribution in [1.29, 1.82) is 0 Å². The van der Waals surface area contributed by atoms with Gasteiger partial charge in [0.25, 0.3) is 0 Å². The van der Waals surface area contributed by atoms with Crippen LogP contribution in [0, 0.1) is 5.82 Å². The average molecular weight is 318 g/mol. The number of hydrogen-bond donors (Lipinski definition) is 2. The molecule has 1 aliphatic carbocycles. The third-order valence-electron chi connectivity index (χ3n) is 4.71. The van der Waals surface area contributed by atoms with E-state index in [9.17, 15) is 19.1 Å². The van der Waals surface area contributed by atoms with E-state index >= 15 is 0 Å². The molecule has 0 unspecified atom stereocenters. The minimum Gasteiger partial charge on any atom is -0.486 e. The quantitative estimate of drug-likeness (QED) is 0.879. The molecule has 23 heavy (non-hydrogen) atoms. The lowest BCUT2D eigenvalue weighted by Gasteiger charge is -2.28. The van der Waals surface area contributed by atoms with Gasteiger partial charge in [-0.05, 0) is 25.8 Å². The van der Waals surface area contributed by atoms with Gasteiger partial charge in [-0.1, -0.05) is 0 Å². The number of carboxylic acid groups (broad SMARTS) is 1. The Bertz CT molecular complexity index is 930. The molecule has 1 atom stereocenters. The van der Waals surface area contributed by atoms with Crippen LogP contribution in [0.2, 0.25) is 0 Å². The van der Waals surface area contributed by atoms with Crippen LogP contribution in [0.1, 0.15) is 41.7 Å². The van der Waals surface area contributed by atoms with E-state index in [1.807, 2.05) is 6.92 Å². The molecule has 120 valence electrons. The molecule has 1 fully saturated rings. The number of nitrogens with two attached hydrogens (primary N) is 1. The Balaban J connectivity index is 2.18. The summed E-state index contributed by atoms with van der Waals surface area (Å²) in [6.45, 7) is 2.01. The number of halogens is 1. The molecule has 1 saturated carbocycles. The zero-order valence-electron chi connectivity index (χ0n) is 12.4. The van der Waals surface area contributed by atoms with Gasteiger partial charge in [-0.15, -0.1) is 0 Å². The van der Waals surface area contributed by atoms with Crippen molar-refractivity contribution >= 4 is 16.9 Å². The molecule has 0 bridgehead atoms. The third-order valence-corrected chi connectivity index (χ3v) is 4.71. The van der Waals surface area contributed by atoms with E-state index in [1.54, 1.807) is 4.57 Å². The molecule has 4 rings (SSSR count). The lowest BCUT2D eigenvalue weighted by atomic mass is 9.98. The van der Waals surface area contributed by atoms with Crippen LogP contribution in [0.4, 0.5) is 4.39 Å². The van der Waals surface area contributed by atoms with E-state index in [2.05, 4.69) is 0 Å². The molecule has 1 aromatic carbocycles. The summed E-state index contributed by atoms with van der Waals surface area (Å²) in [6, 6.07) is 1.19. The standard InChI is InChI=1S/C16H15FN2O4/c1-7-6-23-14-11(17)10(16(18)2-3-16)4-8-12(14)19(7)5-9(13(8)20)15(21)22/h4-5,7H,2-3,6,18H2,1H3,(H,21,22)/t7-/m0/s1. The van der Waals surface area contributed by atoms with Gasteiger partial charge in [0.2, 0.25) is 5.43 Å². The van der Waals surface area contributed by atoms with Crippen LogP contribution in [0.3, 0.4) is 0 Å². The smallest absolute Gasteiger partial charge is 0.341 e. The Hall–Kier alpha value is -2.41. The average Bonchev–Trinajstić information content (AvgIpc) is 3.24. The fourth-order valence-electron chi connectivity index (χ4n) is 3.14. The Morgan fingerprint density at radius 3 is 2.83 bits per heavy atom. The Labute approximate surface area is 130 Å². The zero-order valence-corrected chi connectivity index (χ0v) is 12.4. The molecular formula is C16H15FN2O4. The van der Waals surface area contributed by atoms with Crippen molar-refractivity contribution in [3.63, 3.8) is 0 Å². The number of hydrogen-bond acceptors (Lipinski definition) is 4. The van der Waals surface area contributed by atoms with Gasteiger partial charge in [-0.25, -0.2) is 9.18 Å². The van der Waals surface area contributed by atoms with Crippen molar-refractivity contribution < 1.29 is 19.0 Å². The van der Waals surface area contributed by atoms with Crippen molar-refractivity contribution in [2.75, 3.05) is 6.61 Å². The van der Waals surface area contributed by atoms with Crippen molar-refractivity contribution in [1.82, 2.24) is 4.57 Å². The topological polar surface area (TPSA) is 94.6 Å². The number of rotatable bonds is 2. The van der Waals surface area contributed by atoms with E-state index in [1.165, 1.54) is 12.3 Å². The summed E-state index contributed by atoms with van der Waals surface area (Å²) in [7, 11) is 0. The molecule has 1 aromatic heterocycles. The highest BCUT2D eigenvalue weighted by Crippen LogP contribution is 2.47. The van der Waals surface area contributed by atoms with Gasteiger partial charge < -0.3 is 20.1 Å². The van der Waals surface area contributed by atoms with Crippen molar-refractivity contribution in [2.24, 2.45) is 5.73 Å². The summed E-state index contributed by atoms with van der Waals surface area (Å²) in [6.07, 6.45) is 2.51. The third kappa shape index (κ3) is 1.83. The van der Waals surface area contributed by atoms with E-state index < -0.39 is 22.8 Å². The molecule has 1 aliphatic heterocycles. The van der Waals surface area contributed by atoms with E-state index in [4.69, 9.17) is 10.5 Å². The molecule has 6 nitrogen and oxygen atoms in total. The van der Waals surface area contributed by atoms with Crippen LogP contribution in [-0.4, -0.2) is 22.2 Å². The number of ether oxygens (including phenoxy) is 1. The molecular weight excluding hydrogens is 303 g/mol. The predicted molar refractivity (Wildman–Crippen MR) is 80.4 cm³/mol. The van der Waals surface area contributed by atoms with Gasteiger partial charge in [0.05, 0.1) is 16.9 Å². The van der Waals surface area contributed by atoms with Crippen molar-refractivity contribution in [3.8, 4) is 5.75 Å². The largest absolute Gasteiger partial charge is 0.486 e. The first-order chi connectivity index (χ1) is 10.8. The van der Waals surface area contributed by atoms with Gasteiger partial charge in [-0.2, -0.15) is 0 Å². The summed E-state index contributed by atoms with van der Waals surface area (Å²) in [5.41, 5.74) is 4.84. The first kappa shape index (κ1) is 14.2. The van der Waals surface area contributed by atoms with Gasteiger partial charge in [0.15, 0.2) is 11.6 Å². The van der Waals surface area contributed by atoms with Crippen LogP contribution in [0.25, 0.3) is 10.9 Å². The number of pyridine rings is 1. The van der Waals surface area contributed by atoms with Crippen LogP contribution >= 0.6 is 0 Å². The summed E-state index contributed by atoms with van der Waals surface area (Å²) < 4.78 is 22.0. The Morgan fingerprint density at radius 1 is 1.52 bits per heavy atom. The first-order valence-electron chi connectivity index (χ1n) is 7.40. The lowest BCUT2D eigenvalue weighted by Crippen LogP contribution is -2.29. The Morgan fingerprint density at radius 2 is 2.22 bits per heavy atom. The monoisotopic (exact) mass is 318 g/mol. The molecule has 2 aromatic rings. The molecule has 2 aliphatic rings. The maximum Gasteiger partial charge on any atom is 0.341 e. The number of nitrogens with zero attached hydrogens (tertiary/aromatic N) is 1. The summed E-state index contributed by atoms with van der Waals surface area (Å²) in [5, 5.41) is 9.41. The molecule has 0 amide bonds. The van der Waals surface area contributed by atoms with E-state index in [0.29, 0.717) is 18.4 Å². The number of carbonyl (C=O) groups is 1. The summed E-state index contributed by atoms with van der Waals surface area (Å²) >= 11 is 0. The van der Waals surface area contributed by atoms with E-state index in [-0.39, 0.29) is 34.9 Å². The molecule has 0 spiro atoms. The molecule has 0 saturated heterocycles. The maximum atomic E-state index is 14.8. The van der Waals surface area contributed by atoms with Gasteiger partial charge in [-0.3, -0.25) is 4.79 Å². The minimum atomic E-state index is -1.30. The fraction of sp³-hybridized carbons (Fsp3) is 0.375. The van der Waals surface area contributed by atoms with Crippen LogP contribution in [-0.2, 0) is 5.54 Å². The number of aromatic nitrogens is 1. The maximum absolute atomic E-state index is 14.8.